The van der Waals surface area contributed by atoms with Crippen LogP contribution in [0.1, 0.15) is 12.0 Å². The van der Waals surface area contributed by atoms with Crippen LogP contribution in [0.15, 0.2) is 42.5 Å². The zero-order valence-electron chi connectivity index (χ0n) is 16.6. The molecule has 8 nitrogen and oxygen atoms in total. The van der Waals surface area contributed by atoms with Crippen LogP contribution in [0.4, 0.5) is 0 Å². The summed E-state index contributed by atoms with van der Waals surface area (Å²) in [6.45, 7) is 0.842. The van der Waals surface area contributed by atoms with Crippen LogP contribution in [0, 0.1) is 0 Å². The summed E-state index contributed by atoms with van der Waals surface area (Å²) in [5.41, 5.74) is 2.42. The maximum Gasteiger partial charge on any atom is 0.330 e. The van der Waals surface area contributed by atoms with E-state index < -0.39 is 5.97 Å². The lowest BCUT2D eigenvalue weighted by Gasteiger charge is -2.12. The molecule has 0 spiro atoms. The van der Waals surface area contributed by atoms with Crippen LogP contribution in [-0.4, -0.2) is 48.9 Å². The molecule has 3 rings (SSSR count). The van der Waals surface area contributed by atoms with Crippen molar-refractivity contribution in [2.24, 2.45) is 0 Å². The predicted molar refractivity (Wildman–Crippen MR) is 108 cm³/mol. The Morgan fingerprint density at radius 3 is 2.17 bits per heavy atom. The first-order chi connectivity index (χ1) is 14.1. The molecule has 29 heavy (non-hydrogen) atoms. The molecular formula is C21H23N3O5. The monoisotopic (exact) mass is 397 g/mol. The molecule has 0 fully saturated rings. The molecule has 0 radical (unpaired) electrons. The third kappa shape index (κ3) is 5.04. The third-order valence-electron chi connectivity index (χ3n) is 4.17. The average molecular weight is 397 g/mol. The van der Waals surface area contributed by atoms with E-state index in [9.17, 15) is 4.79 Å². The summed E-state index contributed by atoms with van der Waals surface area (Å²) in [6, 6.07) is 11.2. The molecule has 0 saturated heterocycles. The Kier molecular flexibility index (Phi) is 6.67. The molecule has 0 bridgehead atoms. The van der Waals surface area contributed by atoms with Crippen LogP contribution in [0.25, 0.3) is 17.1 Å². The number of aromatic nitrogens is 3. The first-order valence-corrected chi connectivity index (χ1v) is 9.09. The van der Waals surface area contributed by atoms with E-state index in [1.807, 2.05) is 24.3 Å². The number of fused-ring (bicyclic) bond motifs is 1. The highest BCUT2D eigenvalue weighted by molar-refractivity contribution is 5.87. The van der Waals surface area contributed by atoms with Crippen molar-refractivity contribution in [1.82, 2.24) is 15.0 Å². The highest BCUT2D eigenvalue weighted by Crippen LogP contribution is 2.38. The van der Waals surface area contributed by atoms with Gasteiger partial charge in [0.15, 0.2) is 11.5 Å². The average Bonchev–Trinajstić information content (AvgIpc) is 3.17. The standard InChI is InChI=1S/C21H23N3O5/c1-26-18-13-15(14-19(27-2)21(18)28-3)9-10-20(25)29-12-6-11-24-22-16-7-4-5-8-17(16)23-24/h4-5,7-10,13-14H,6,11-12H2,1-3H3/b10-9+. The summed E-state index contributed by atoms with van der Waals surface area (Å²) >= 11 is 0. The van der Waals surface area contributed by atoms with E-state index in [0.29, 0.717) is 30.2 Å². The van der Waals surface area contributed by atoms with Gasteiger partial charge in [-0.3, -0.25) is 0 Å². The van der Waals surface area contributed by atoms with Gasteiger partial charge >= 0.3 is 5.97 Å². The van der Waals surface area contributed by atoms with Crippen LogP contribution >= 0.6 is 0 Å². The van der Waals surface area contributed by atoms with Gasteiger partial charge in [-0.15, -0.1) is 0 Å². The summed E-state index contributed by atoms with van der Waals surface area (Å²) in [5.74, 6) is 1.09. The fraction of sp³-hybridized carbons (Fsp3) is 0.286. The minimum absolute atomic E-state index is 0.274. The smallest absolute Gasteiger partial charge is 0.330 e. The lowest BCUT2D eigenvalue weighted by molar-refractivity contribution is -0.137. The zero-order valence-corrected chi connectivity index (χ0v) is 16.6. The van der Waals surface area contributed by atoms with E-state index in [-0.39, 0.29) is 6.61 Å². The largest absolute Gasteiger partial charge is 0.493 e. The quantitative estimate of drug-likeness (QED) is 0.312. The number of hydrogen-bond donors (Lipinski definition) is 0. The number of nitrogens with zero attached hydrogens (tertiary/aromatic N) is 3. The zero-order chi connectivity index (χ0) is 20.6. The van der Waals surface area contributed by atoms with Gasteiger partial charge in [0.2, 0.25) is 5.75 Å². The number of esters is 1. The number of rotatable bonds is 9. The number of carbonyl (C=O) groups is 1. The van der Waals surface area contributed by atoms with Crippen LogP contribution in [0.5, 0.6) is 17.2 Å². The topological polar surface area (TPSA) is 84.7 Å². The SMILES string of the molecule is COc1cc(/C=C/C(=O)OCCCn2nc3ccccc3n2)cc(OC)c1OC. The van der Waals surface area contributed by atoms with Crippen molar-refractivity contribution in [2.75, 3.05) is 27.9 Å². The highest BCUT2D eigenvalue weighted by Gasteiger charge is 2.12. The molecule has 3 aromatic rings. The lowest BCUT2D eigenvalue weighted by Crippen LogP contribution is -2.08. The number of aryl methyl sites for hydroxylation is 1. The molecule has 0 unspecified atom stereocenters. The normalized spacial score (nSPS) is 11.0. The fourth-order valence-corrected chi connectivity index (χ4v) is 2.79. The van der Waals surface area contributed by atoms with Crippen molar-refractivity contribution in [3.8, 4) is 17.2 Å². The molecule has 0 saturated carbocycles. The van der Waals surface area contributed by atoms with E-state index in [0.717, 1.165) is 16.6 Å². The Morgan fingerprint density at radius 1 is 1.00 bits per heavy atom. The van der Waals surface area contributed by atoms with Gasteiger partial charge < -0.3 is 18.9 Å². The Balaban J connectivity index is 1.51. The van der Waals surface area contributed by atoms with E-state index in [2.05, 4.69) is 10.2 Å². The molecule has 0 aliphatic rings. The van der Waals surface area contributed by atoms with Gasteiger partial charge in [0, 0.05) is 12.5 Å². The Morgan fingerprint density at radius 2 is 1.62 bits per heavy atom. The van der Waals surface area contributed by atoms with Crippen molar-refractivity contribution >= 4 is 23.1 Å². The Hall–Kier alpha value is -3.55. The molecule has 0 aliphatic heterocycles. The van der Waals surface area contributed by atoms with E-state index in [1.54, 1.807) is 23.0 Å². The van der Waals surface area contributed by atoms with Gasteiger partial charge in [-0.2, -0.15) is 15.0 Å². The molecule has 0 aliphatic carbocycles. The number of hydrogen-bond acceptors (Lipinski definition) is 7. The van der Waals surface area contributed by atoms with Crippen molar-refractivity contribution < 1.29 is 23.7 Å². The van der Waals surface area contributed by atoms with Crippen molar-refractivity contribution in [2.45, 2.75) is 13.0 Å². The maximum atomic E-state index is 12.0. The van der Waals surface area contributed by atoms with Crippen molar-refractivity contribution in [1.29, 1.82) is 0 Å². The molecule has 0 N–H and O–H groups in total. The van der Waals surface area contributed by atoms with Gasteiger partial charge in [-0.1, -0.05) is 12.1 Å². The number of ether oxygens (including phenoxy) is 4. The first kappa shape index (κ1) is 20.2. The van der Waals surface area contributed by atoms with Crippen LogP contribution in [-0.2, 0) is 16.1 Å². The number of methoxy groups -OCH3 is 3. The minimum Gasteiger partial charge on any atom is -0.493 e. The van der Waals surface area contributed by atoms with Crippen molar-refractivity contribution in [3.63, 3.8) is 0 Å². The van der Waals surface area contributed by atoms with E-state index in [1.165, 1.54) is 27.4 Å². The maximum absolute atomic E-state index is 12.0. The second-order valence-electron chi connectivity index (χ2n) is 6.10. The molecule has 0 amide bonds. The van der Waals surface area contributed by atoms with Gasteiger partial charge in [0.25, 0.3) is 0 Å². The van der Waals surface area contributed by atoms with Crippen LogP contribution in [0.3, 0.4) is 0 Å². The summed E-state index contributed by atoms with van der Waals surface area (Å²) in [5, 5.41) is 8.74. The lowest BCUT2D eigenvalue weighted by atomic mass is 10.1. The Labute approximate surface area is 168 Å². The highest BCUT2D eigenvalue weighted by atomic mass is 16.5. The summed E-state index contributed by atoms with van der Waals surface area (Å²) in [6.07, 6.45) is 3.61. The van der Waals surface area contributed by atoms with E-state index in [4.69, 9.17) is 18.9 Å². The predicted octanol–water partition coefficient (Wildman–Crippen LogP) is 3.10. The number of carbonyl (C=O) groups excluding carboxylic acids is 1. The second kappa shape index (κ2) is 9.59. The van der Waals surface area contributed by atoms with Gasteiger partial charge in [0.05, 0.1) is 34.5 Å². The fourth-order valence-electron chi connectivity index (χ4n) is 2.79. The molecule has 1 heterocycles. The molecule has 0 atom stereocenters. The van der Waals surface area contributed by atoms with E-state index >= 15 is 0 Å². The molecule has 2 aromatic carbocycles. The molecule has 8 heteroatoms. The second-order valence-corrected chi connectivity index (χ2v) is 6.10. The summed E-state index contributed by atoms with van der Waals surface area (Å²) < 4.78 is 21.1. The minimum atomic E-state index is -0.433. The van der Waals surface area contributed by atoms with Crippen LogP contribution in [0.2, 0.25) is 0 Å². The third-order valence-corrected chi connectivity index (χ3v) is 4.17. The molecule has 152 valence electrons. The first-order valence-electron chi connectivity index (χ1n) is 9.09. The number of benzene rings is 2. The Bertz CT molecular complexity index is 954. The van der Waals surface area contributed by atoms with Crippen LogP contribution < -0.4 is 14.2 Å². The molecule has 1 aromatic heterocycles. The molecular weight excluding hydrogens is 374 g/mol. The summed E-state index contributed by atoms with van der Waals surface area (Å²) in [4.78, 5) is 13.6. The van der Waals surface area contributed by atoms with Gasteiger partial charge in [0.1, 0.15) is 11.0 Å². The van der Waals surface area contributed by atoms with Crippen molar-refractivity contribution in [3.05, 3.63) is 48.0 Å². The van der Waals surface area contributed by atoms with Gasteiger partial charge in [-0.05, 0) is 35.9 Å². The summed E-state index contributed by atoms with van der Waals surface area (Å²) in [7, 11) is 4.61. The van der Waals surface area contributed by atoms with Gasteiger partial charge in [-0.25, -0.2) is 4.79 Å².